The summed E-state index contributed by atoms with van der Waals surface area (Å²) in [5.41, 5.74) is 2.43. The first-order valence-corrected chi connectivity index (χ1v) is 7.13. The van der Waals surface area contributed by atoms with Gasteiger partial charge in [-0.1, -0.05) is 35.3 Å². The number of para-hydroxylation sites is 1. The van der Waals surface area contributed by atoms with Crippen LogP contribution in [0.25, 0.3) is 22.3 Å². The molecule has 0 aliphatic heterocycles. The Balaban J connectivity index is 2.32. The van der Waals surface area contributed by atoms with E-state index in [-0.39, 0.29) is 0 Å². The summed E-state index contributed by atoms with van der Waals surface area (Å²) >= 11 is 12.5. The first kappa shape index (κ1) is 14.1. The van der Waals surface area contributed by atoms with E-state index in [1.54, 1.807) is 13.2 Å². The second kappa shape index (κ2) is 5.51. The molecule has 0 atom stereocenters. The van der Waals surface area contributed by atoms with Gasteiger partial charge in [0, 0.05) is 10.4 Å². The lowest BCUT2D eigenvalue weighted by Gasteiger charge is -2.10. The smallest absolute Gasteiger partial charge is 0.165 e. The summed E-state index contributed by atoms with van der Waals surface area (Å²) in [7, 11) is 1.61. The molecule has 0 fully saturated rings. The summed E-state index contributed by atoms with van der Waals surface area (Å²) in [5.74, 6) is 1.22. The number of methoxy groups -OCH3 is 1. The maximum Gasteiger partial charge on any atom is 0.165 e. The van der Waals surface area contributed by atoms with Crippen molar-refractivity contribution < 1.29 is 4.74 Å². The van der Waals surface area contributed by atoms with Gasteiger partial charge in [0.1, 0.15) is 10.9 Å². The molecule has 0 unspecified atom stereocenters. The third kappa shape index (κ3) is 2.43. The van der Waals surface area contributed by atoms with Crippen molar-refractivity contribution in [2.24, 2.45) is 0 Å². The molecule has 21 heavy (non-hydrogen) atoms. The third-order valence-corrected chi connectivity index (χ3v) is 4.05. The number of rotatable bonds is 2. The highest BCUT2D eigenvalue weighted by Crippen LogP contribution is 2.33. The number of fused-ring (bicyclic) bond motifs is 1. The van der Waals surface area contributed by atoms with Crippen molar-refractivity contribution in [2.75, 3.05) is 7.11 Å². The zero-order valence-electron chi connectivity index (χ0n) is 11.5. The molecule has 3 nitrogen and oxygen atoms in total. The Morgan fingerprint density at radius 2 is 1.76 bits per heavy atom. The van der Waals surface area contributed by atoms with Gasteiger partial charge in [0.05, 0.1) is 18.2 Å². The molecule has 1 aromatic heterocycles. The van der Waals surface area contributed by atoms with Gasteiger partial charge in [0.2, 0.25) is 0 Å². The first-order valence-electron chi connectivity index (χ1n) is 6.37. The number of hydrogen-bond acceptors (Lipinski definition) is 3. The van der Waals surface area contributed by atoms with E-state index in [1.807, 2.05) is 37.3 Å². The molecule has 0 spiro atoms. The van der Waals surface area contributed by atoms with Crippen molar-refractivity contribution in [1.29, 1.82) is 0 Å². The summed E-state index contributed by atoms with van der Waals surface area (Å²) < 4.78 is 5.36. The molecule has 2 aromatic carbocycles. The van der Waals surface area contributed by atoms with E-state index in [0.717, 1.165) is 22.0 Å². The standard InChI is InChI=1S/C16H12Cl2N2O/c1-9-12(17)8-7-11-14(9)19-16(20-15(11)18)10-5-3-4-6-13(10)21-2/h3-8H,1-2H3. The highest BCUT2D eigenvalue weighted by Gasteiger charge is 2.14. The van der Waals surface area contributed by atoms with Crippen LogP contribution in [0.15, 0.2) is 36.4 Å². The Bertz CT molecular complexity index is 834. The van der Waals surface area contributed by atoms with Crippen molar-refractivity contribution in [2.45, 2.75) is 6.92 Å². The van der Waals surface area contributed by atoms with Crippen molar-refractivity contribution in [3.63, 3.8) is 0 Å². The Labute approximate surface area is 132 Å². The second-order valence-corrected chi connectivity index (χ2v) is 5.37. The fourth-order valence-corrected chi connectivity index (χ4v) is 2.61. The molecule has 0 aliphatic rings. The molecule has 0 saturated carbocycles. The van der Waals surface area contributed by atoms with Gasteiger partial charge in [0.25, 0.3) is 0 Å². The van der Waals surface area contributed by atoms with Crippen LogP contribution in [0.3, 0.4) is 0 Å². The van der Waals surface area contributed by atoms with Crippen LogP contribution in [0, 0.1) is 6.92 Å². The number of aryl methyl sites for hydroxylation is 1. The lowest BCUT2D eigenvalue weighted by atomic mass is 10.1. The molecule has 5 heteroatoms. The molecule has 3 aromatic rings. The molecular formula is C16H12Cl2N2O. The van der Waals surface area contributed by atoms with Gasteiger partial charge in [-0.2, -0.15) is 0 Å². The maximum absolute atomic E-state index is 6.30. The lowest BCUT2D eigenvalue weighted by Crippen LogP contribution is -1.96. The van der Waals surface area contributed by atoms with Crippen LogP contribution in [0.4, 0.5) is 0 Å². The molecule has 0 N–H and O–H groups in total. The van der Waals surface area contributed by atoms with Crippen molar-refractivity contribution in [1.82, 2.24) is 9.97 Å². The highest BCUT2D eigenvalue weighted by molar-refractivity contribution is 6.35. The average Bonchev–Trinajstić information content (AvgIpc) is 2.51. The summed E-state index contributed by atoms with van der Waals surface area (Å²) in [6, 6.07) is 11.2. The number of nitrogens with zero attached hydrogens (tertiary/aromatic N) is 2. The van der Waals surface area contributed by atoms with E-state index in [4.69, 9.17) is 27.9 Å². The van der Waals surface area contributed by atoms with Crippen LogP contribution >= 0.6 is 23.2 Å². The first-order chi connectivity index (χ1) is 10.1. The molecular weight excluding hydrogens is 307 g/mol. The lowest BCUT2D eigenvalue weighted by molar-refractivity contribution is 0.416. The van der Waals surface area contributed by atoms with Gasteiger partial charge in [-0.3, -0.25) is 0 Å². The molecule has 0 amide bonds. The summed E-state index contributed by atoms with van der Waals surface area (Å²) in [4.78, 5) is 9.00. The van der Waals surface area contributed by atoms with Crippen LogP contribution in [0.5, 0.6) is 5.75 Å². The van der Waals surface area contributed by atoms with E-state index >= 15 is 0 Å². The number of halogens is 2. The number of hydrogen-bond donors (Lipinski definition) is 0. The van der Waals surface area contributed by atoms with Crippen molar-refractivity contribution in [3.8, 4) is 17.1 Å². The predicted molar refractivity (Wildman–Crippen MR) is 86.3 cm³/mol. The normalized spacial score (nSPS) is 10.9. The topological polar surface area (TPSA) is 35.0 Å². The van der Waals surface area contributed by atoms with E-state index in [1.165, 1.54) is 0 Å². The van der Waals surface area contributed by atoms with E-state index in [9.17, 15) is 0 Å². The summed E-state index contributed by atoms with van der Waals surface area (Å²) in [6.45, 7) is 1.92. The van der Waals surface area contributed by atoms with Gasteiger partial charge in [0.15, 0.2) is 5.82 Å². The second-order valence-electron chi connectivity index (χ2n) is 4.61. The Kier molecular flexibility index (Phi) is 3.70. The number of benzene rings is 2. The predicted octanol–water partition coefficient (Wildman–Crippen LogP) is 4.92. The van der Waals surface area contributed by atoms with Gasteiger partial charge >= 0.3 is 0 Å². The van der Waals surface area contributed by atoms with E-state index < -0.39 is 0 Å². The van der Waals surface area contributed by atoms with E-state index in [0.29, 0.717) is 21.7 Å². The van der Waals surface area contributed by atoms with Crippen LogP contribution < -0.4 is 4.74 Å². The molecule has 0 radical (unpaired) electrons. The maximum atomic E-state index is 6.30. The summed E-state index contributed by atoms with van der Waals surface area (Å²) in [6.07, 6.45) is 0. The average molecular weight is 319 g/mol. The minimum atomic E-state index is 0.403. The minimum absolute atomic E-state index is 0.403. The minimum Gasteiger partial charge on any atom is -0.496 e. The zero-order chi connectivity index (χ0) is 15.0. The van der Waals surface area contributed by atoms with Crippen LogP contribution in [0.1, 0.15) is 5.56 Å². The largest absolute Gasteiger partial charge is 0.496 e. The van der Waals surface area contributed by atoms with Crippen LogP contribution in [-0.2, 0) is 0 Å². The van der Waals surface area contributed by atoms with Gasteiger partial charge < -0.3 is 4.74 Å². The number of ether oxygens (including phenoxy) is 1. The molecule has 0 saturated heterocycles. The van der Waals surface area contributed by atoms with Crippen LogP contribution in [-0.4, -0.2) is 17.1 Å². The van der Waals surface area contributed by atoms with Gasteiger partial charge in [-0.15, -0.1) is 0 Å². The van der Waals surface area contributed by atoms with E-state index in [2.05, 4.69) is 9.97 Å². The monoisotopic (exact) mass is 318 g/mol. The fourth-order valence-electron chi connectivity index (χ4n) is 2.22. The molecule has 3 rings (SSSR count). The van der Waals surface area contributed by atoms with Crippen LogP contribution in [0.2, 0.25) is 10.2 Å². The zero-order valence-corrected chi connectivity index (χ0v) is 13.0. The Morgan fingerprint density at radius 3 is 2.52 bits per heavy atom. The Morgan fingerprint density at radius 1 is 1.00 bits per heavy atom. The molecule has 106 valence electrons. The molecule has 1 heterocycles. The van der Waals surface area contributed by atoms with Crippen molar-refractivity contribution >= 4 is 34.1 Å². The molecule has 0 bridgehead atoms. The third-order valence-electron chi connectivity index (χ3n) is 3.36. The quantitative estimate of drug-likeness (QED) is 0.629. The number of aromatic nitrogens is 2. The van der Waals surface area contributed by atoms with Gasteiger partial charge in [-0.05, 0) is 36.8 Å². The Hall–Kier alpha value is -1.84. The SMILES string of the molecule is COc1ccccc1-c1nc(Cl)c2ccc(Cl)c(C)c2n1. The van der Waals surface area contributed by atoms with Gasteiger partial charge in [-0.25, -0.2) is 9.97 Å². The summed E-state index contributed by atoms with van der Waals surface area (Å²) in [5, 5.41) is 1.85. The van der Waals surface area contributed by atoms with Crippen molar-refractivity contribution in [3.05, 3.63) is 52.1 Å². The fraction of sp³-hybridized carbons (Fsp3) is 0.125. The molecule has 0 aliphatic carbocycles. The highest BCUT2D eigenvalue weighted by atomic mass is 35.5.